The van der Waals surface area contributed by atoms with Gasteiger partial charge in [0.05, 0.1) is 16.1 Å². The summed E-state index contributed by atoms with van der Waals surface area (Å²) in [5.41, 5.74) is 3.04. The van der Waals surface area contributed by atoms with Gasteiger partial charge in [-0.1, -0.05) is 17.7 Å². The van der Waals surface area contributed by atoms with E-state index in [-0.39, 0.29) is 0 Å². The highest BCUT2D eigenvalue weighted by Crippen LogP contribution is 2.25. The quantitative estimate of drug-likeness (QED) is 0.684. The summed E-state index contributed by atoms with van der Waals surface area (Å²) in [5, 5.41) is 0.713. The number of benzene rings is 1. The third kappa shape index (κ3) is 2.51. The van der Waals surface area contributed by atoms with Crippen LogP contribution in [0.15, 0.2) is 42.7 Å². The molecule has 0 aliphatic heterocycles. The molecule has 0 radical (unpaired) electrons. The van der Waals surface area contributed by atoms with Crippen LogP contribution in [0, 0.1) is 0 Å². The Labute approximate surface area is 127 Å². The second-order valence-corrected chi connectivity index (χ2v) is 5.30. The van der Waals surface area contributed by atoms with Gasteiger partial charge in [-0.25, -0.2) is 4.98 Å². The Balaban J connectivity index is 2.13. The van der Waals surface area contributed by atoms with Crippen LogP contribution in [0.25, 0.3) is 11.0 Å². The van der Waals surface area contributed by atoms with Gasteiger partial charge in [0, 0.05) is 31.2 Å². The van der Waals surface area contributed by atoms with Crippen LogP contribution in [-0.4, -0.2) is 20.4 Å². The highest BCUT2D eigenvalue weighted by Gasteiger charge is 2.13. The van der Waals surface area contributed by atoms with Crippen molar-refractivity contribution in [2.75, 3.05) is 5.88 Å². The average molecular weight is 306 g/mol. The summed E-state index contributed by atoms with van der Waals surface area (Å²) in [6.07, 6.45) is 4.30. The highest BCUT2D eigenvalue weighted by molar-refractivity contribution is 6.35. The molecule has 0 N–H and O–H groups in total. The Bertz CT molecular complexity index is 723. The number of para-hydroxylation sites is 1. The van der Waals surface area contributed by atoms with E-state index in [4.69, 9.17) is 23.2 Å². The van der Waals surface area contributed by atoms with Crippen LogP contribution >= 0.6 is 23.2 Å². The molecule has 5 heteroatoms. The topological polar surface area (TPSA) is 30.7 Å². The zero-order chi connectivity index (χ0) is 13.9. The standard InChI is InChI=1S/C15H13Cl2N3/c16-7-4-14-19-13-3-1-2-12(17)15(13)20(14)10-11-5-8-18-9-6-11/h1-3,5-6,8-9H,4,7,10H2. The molecule has 102 valence electrons. The first kappa shape index (κ1) is 13.4. The van der Waals surface area contributed by atoms with Crippen LogP contribution in [0.5, 0.6) is 0 Å². The lowest BCUT2D eigenvalue weighted by atomic mass is 10.2. The molecule has 0 saturated carbocycles. The zero-order valence-corrected chi connectivity index (χ0v) is 12.3. The molecule has 0 fully saturated rings. The van der Waals surface area contributed by atoms with Gasteiger partial charge in [-0.05, 0) is 29.8 Å². The van der Waals surface area contributed by atoms with Crippen LogP contribution in [0.4, 0.5) is 0 Å². The smallest absolute Gasteiger partial charge is 0.111 e. The fraction of sp³-hybridized carbons (Fsp3) is 0.200. The second kappa shape index (κ2) is 5.81. The number of rotatable bonds is 4. The van der Waals surface area contributed by atoms with Gasteiger partial charge in [0.1, 0.15) is 5.82 Å². The summed E-state index contributed by atoms with van der Waals surface area (Å²) in [6.45, 7) is 0.717. The van der Waals surface area contributed by atoms with Gasteiger partial charge in [-0.15, -0.1) is 11.6 Å². The molecule has 2 heterocycles. The number of fused-ring (bicyclic) bond motifs is 1. The van der Waals surface area contributed by atoms with Crippen molar-refractivity contribution >= 4 is 34.2 Å². The van der Waals surface area contributed by atoms with Gasteiger partial charge in [0.15, 0.2) is 0 Å². The SMILES string of the molecule is ClCCc1nc2cccc(Cl)c2n1Cc1ccncc1. The minimum Gasteiger partial charge on any atom is -0.322 e. The lowest BCUT2D eigenvalue weighted by Gasteiger charge is -2.09. The van der Waals surface area contributed by atoms with Crippen LogP contribution in [-0.2, 0) is 13.0 Å². The minimum absolute atomic E-state index is 0.539. The molecule has 0 aliphatic carbocycles. The van der Waals surface area contributed by atoms with Gasteiger partial charge < -0.3 is 4.57 Å². The van der Waals surface area contributed by atoms with E-state index in [2.05, 4.69) is 14.5 Å². The number of aryl methyl sites for hydroxylation is 1. The van der Waals surface area contributed by atoms with Crippen LogP contribution < -0.4 is 0 Å². The molecule has 0 unspecified atom stereocenters. The van der Waals surface area contributed by atoms with E-state index >= 15 is 0 Å². The fourth-order valence-electron chi connectivity index (χ4n) is 2.31. The van der Waals surface area contributed by atoms with Gasteiger partial charge in [-0.2, -0.15) is 0 Å². The van der Waals surface area contributed by atoms with Crippen molar-refractivity contribution in [3.8, 4) is 0 Å². The Morgan fingerprint density at radius 3 is 2.65 bits per heavy atom. The molecule has 0 amide bonds. The first-order chi connectivity index (χ1) is 9.79. The lowest BCUT2D eigenvalue weighted by molar-refractivity contribution is 0.753. The number of nitrogens with zero attached hydrogens (tertiary/aromatic N) is 3. The van der Waals surface area contributed by atoms with Crippen LogP contribution in [0.2, 0.25) is 5.02 Å². The van der Waals surface area contributed by atoms with E-state index in [1.54, 1.807) is 12.4 Å². The number of halogens is 2. The predicted octanol–water partition coefficient (Wildman–Crippen LogP) is 3.91. The normalized spacial score (nSPS) is 11.1. The molecule has 20 heavy (non-hydrogen) atoms. The Morgan fingerprint density at radius 2 is 1.90 bits per heavy atom. The molecule has 0 atom stereocenters. The lowest BCUT2D eigenvalue weighted by Crippen LogP contribution is -2.06. The summed E-state index contributed by atoms with van der Waals surface area (Å²) in [6, 6.07) is 9.76. The molecule has 3 rings (SSSR count). The van der Waals surface area contributed by atoms with E-state index < -0.39 is 0 Å². The number of alkyl halides is 1. The number of imidazole rings is 1. The van der Waals surface area contributed by atoms with E-state index in [1.807, 2.05) is 30.3 Å². The van der Waals surface area contributed by atoms with Gasteiger partial charge in [0.25, 0.3) is 0 Å². The minimum atomic E-state index is 0.539. The maximum absolute atomic E-state index is 6.34. The third-order valence-corrected chi connectivity index (χ3v) is 3.70. The van der Waals surface area contributed by atoms with Crippen molar-refractivity contribution in [2.45, 2.75) is 13.0 Å². The summed E-state index contributed by atoms with van der Waals surface area (Å²) in [5.74, 6) is 1.50. The Morgan fingerprint density at radius 1 is 1.10 bits per heavy atom. The van der Waals surface area contributed by atoms with E-state index in [1.165, 1.54) is 0 Å². The summed E-state index contributed by atoms with van der Waals surface area (Å²) in [7, 11) is 0. The molecule has 3 aromatic rings. The molecule has 0 spiro atoms. The average Bonchev–Trinajstić information content (AvgIpc) is 2.80. The second-order valence-electron chi connectivity index (χ2n) is 4.52. The number of pyridine rings is 1. The van der Waals surface area contributed by atoms with Crippen molar-refractivity contribution < 1.29 is 0 Å². The van der Waals surface area contributed by atoms with Crippen LogP contribution in [0.3, 0.4) is 0 Å². The maximum Gasteiger partial charge on any atom is 0.111 e. The summed E-state index contributed by atoms with van der Waals surface area (Å²) < 4.78 is 2.13. The largest absolute Gasteiger partial charge is 0.322 e. The molecular formula is C15H13Cl2N3. The van der Waals surface area contributed by atoms with Crippen LogP contribution in [0.1, 0.15) is 11.4 Å². The van der Waals surface area contributed by atoms with E-state index in [0.717, 1.165) is 35.4 Å². The Kier molecular flexibility index (Phi) is 3.90. The monoisotopic (exact) mass is 305 g/mol. The number of hydrogen-bond acceptors (Lipinski definition) is 2. The van der Waals surface area contributed by atoms with Gasteiger partial charge >= 0.3 is 0 Å². The highest BCUT2D eigenvalue weighted by atomic mass is 35.5. The zero-order valence-electron chi connectivity index (χ0n) is 10.8. The number of hydrogen-bond donors (Lipinski definition) is 0. The maximum atomic E-state index is 6.34. The van der Waals surface area contributed by atoms with Crippen molar-refractivity contribution in [1.82, 2.24) is 14.5 Å². The van der Waals surface area contributed by atoms with Crippen molar-refractivity contribution in [1.29, 1.82) is 0 Å². The first-order valence-corrected chi connectivity index (χ1v) is 7.29. The molecule has 2 aromatic heterocycles. The molecule has 3 nitrogen and oxygen atoms in total. The van der Waals surface area contributed by atoms with E-state index in [9.17, 15) is 0 Å². The summed E-state index contributed by atoms with van der Waals surface area (Å²) in [4.78, 5) is 8.68. The van der Waals surface area contributed by atoms with Crippen molar-refractivity contribution in [3.05, 3.63) is 59.1 Å². The van der Waals surface area contributed by atoms with E-state index in [0.29, 0.717) is 10.9 Å². The van der Waals surface area contributed by atoms with Gasteiger partial charge in [0.2, 0.25) is 0 Å². The molecular weight excluding hydrogens is 293 g/mol. The van der Waals surface area contributed by atoms with Gasteiger partial charge in [-0.3, -0.25) is 4.98 Å². The predicted molar refractivity (Wildman–Crippen MR) is 82.5 cm³/mol. The first-order valence-electron chi connectivity index (χ1n) is 6.38. The fourth-order valence-corrected chi connectivity index (χ4v) is 2.75. The number of aromatic nitrogens is 3. The molecule has 0 bridgehead atoms. The van der Waals surface area contributed by atoms with Crippen molar-refractivity contribution in [2.24, 2.45) is 0 Å². The molecule has 0 aliphatic rings. The Hall–Kier alpha value is -1.58. The summed E-state index contributed by atoms with van der Waals surface area (Å²) >= 11 is 12.2. The third-order valence-electron chi connectivity index (χ3n) is 3.20. The molecule has 1 aromatic carbocycles. The van der Waals surface area contributed by atoms with Crippen molar-refractivity contribution in [3.63, 3.8) is 0 Å². The molecule has 0 saturated heterocycles.